The van der Waals surface area contributed by atoms with Crippen molar-refractivity contribution >= 4 is 6.29 Å². The Labute approximate surface area is 63.3 Å². The summed E-state index contributed by atoms with van der Waals surface area (Å²) in [6.45, 7) is 3.47. The van der Waals surface area contributed by atoms with E-state index >= 15 is 0 Å². The zero-order valence-corrected chi connectivity index (χ0v) is 6.34. The van der Waals surface area contributed by atoms with Crippen molar-refractivity contribution in [3.63, 3.8) is 0 Å². The molecule has 4 nitrogen and oxygen atoms in total. The summed E-state index contributed by atoms with van der Waals surface area (Å²) in [5.74, 6) is 0. The summed E-state index contributed by atoms with van der Waals surface area (Å²) in [6.07, 6.45) is 0.581. The van der Waals surface area contributed by atoms with E-state index in [4.69, 9.17) is 0 Å². The fraction of sp³-hybridized carbons (Fsp3) is 0.286. The van der Waals surface area contributed by atoms with Crippen LogP contribution < -0.4 is 5.69 Å². The van der Waals surface area contributed by atoms with Gasteiger partial charge in [-0.15, -0.1) is 0 Å². The topological polar surface area (TPSA) is 62.8 Å². The van der Waals surface area contributed by atoms with Gasteiger partial charge in [0.2, 0.25) is 0 Å². The monoisotopic (exact) mass is 152 g/mol. The second kappa shape index (κ2) is 2.65. The Balaban J connectivity index is 3.48. The Morgan fingerprint density at radius 2 is 2.09 bits per heavy atom. The maximum Gasteiger partial charge on any atom is 0.345 e. The van der Waals surface area contributed by atoms with Crippen LogP contribution >= 0.6 is 0 Å². The summed E-state index contributed by atoms with van der Waals surface area (Å²) in [5, 5.41) is 0. The molecule has 0 radical (unpaired) electrons. The molecular formula is C7H8N2O2. The molecule has 1 heterocycles. The van der Waals surface area contributed by atoms with Gasteiger partial charge in [-0.2, -0.15) is 4.98 Å². The Morgan fingerprint density at radius 1 is 1.45 bits per heavy atom. The highest BCUT2D eigenvalue weighted by atomic mass is 16.1. The standard InChI is InChI=1S/C7H8N2O2/c1-4-5(2)8-7(11)9-6(4)3-10/h3H,1-2H3,(H,8,9,11). The normalized spacial score (nSPS) is 9.64. The molecule has 0 aliphatic heterocycles. The number of nitrogens with zero attached hydrogens (tertiary/aromatic N) is 1. The van der Waals surface area contributed by atoms with Gasteiger partial charge >= 0.3 is 5.69 Å². The lowest BCUT2D eigenvalue weighted by molar-refractivity contribution is 0.111. The summed E-state index contributed by atoms with van der Waals surface area (Å²) >= 11 is 0. The van der Waals surface area contributed by atoms with Crippen LogP contribution in [0.4, 0.5) is 0 Å². The zero-order chi connectivity index (χ0) is 8.43. The molecule has 0 atom stereocenters. The van der Waals surface area contributed by atoms with Crippen LogP contribution in [0.25, 0.3) is 0 Å². The van der Waals surface area contributed by atoms with Crippen LogP contribution in [0.3, 0.4) is 0 Å². The minimum absolute atomic E-state index is 0.214. The third kappa shape index (κ3) is 1.34. The van der Waals surface area contributed by atoms with Gasteiger partial charge in [0, 0.05) is 5.69 Å². The van der Waals surface area contributed by atoms with Crippen molar-refractivity contribution in [2.75, 3.05) is 0 Å². The Morgan fingerprint density at radius 3 is 2.64 bits per heavy atom. The zero-order valence-electron chi connectivity index (χ0n) is 6.34. The predicted molar refractivity (Wildman–Crippen MR) is 39.7 cm³/mol. The van der Waals surface area contributed by atoms with E-state index in [1.165, 1.54) is 0 Å². The smallest absolute Gasteiger partial charge is 0.310 e. The van der Waals surface area contributed by atoms with Crippen LogP contribution in [-0.4, -0.2) is 16.3 Å². The van der Waals surface area contributed by atoms with Crippen molar-refractivity contribution in [1.29, 1.82) is 0 Å². The maximum absolute atomic E-state index is 10.7. The summed E-state index contributed by atoms with van der Waals surface area (Å²) in [6, 6.07) is 0. The molecule has 1 rings (SSSR count). The molecule has 11 heavy (non-hydrogen) atoms. The third-order valence-electron chi connectivity index (χ3n) is 1.57. The summed E-state index contributed by atoms with van der Waals surface area (Å²) in [4.78, 5) is 27.0. The first-order chi connectivity index (χ1) is 5.15. The molecule has 0 aliphatic rings. The molecule has 1 aromatic heterocycles. The quantitative estimate of drug-likeness (QED) is 0.584. The average Bonchev–Trinajstić information content (AvgIpc) is 1.96. The second-order valence-electron chi connectivity index (χ2n) is 2.30. The molecule has 0 amide bonds. The highest BCUT2D eigenvalue weighted by molar-refractivity contribution is 5.74. The minimum atomic E-state index is -0.477. The van der Waals surface area contributed by atoms with Crippen molar-refractivity contribution in [2.45, 2.75) is 13.8 Å². The number of aryl methyl sites for hydroxylation is 1. The van der Waals surface area contributed by atoms with Gasteiger partial charge in [-0.05, 0) is 19.4 Å². The van der Waals surface area contributed by atoms with E-state index < -0.39 is 5.69 Å². The molecule has 1 N–H and O–H groups in total. The van der Waals surface area contributed by atoms with E-state index in [1.807, 2.05) is 0 Å². The minimum Gasteiger partial charge on any atom is -0.310 e. The van der Waals surface area contributed by atoms with Crippen molar-refractivity contribution in [1.82, 2.24) is 9.97 Å². The number of nitrogens with one attached hydrogen (secondary N) is 1. The lowest BCUT2D eigenvalue weighted by Crippen LogP contribution is -2.15. The number of carbonyl (C=O) groups is 1. The molecule has 0 spiro atoms. The van der Waals surface area contributed by atoms with Crippen LogP contribution in [0.1, 0.15) is 21.7 Å². The largest absolute Gasteiger partial charge is 0.345 e. The number of carbonyl (C=O) groups excluding carboxylic acids is 1. The average molecular weight is 152 g/mol. The molecule has 58 valence electrons. The number of hydrogen-bond acceptors (Lipinski definition) is 3. The summed E-state index contributed by atoms with van der Waals surface area (Å²) in [5.41, 5.74) is 1.15. The molecule has 0 saturated heterocycles. The first-order valence-corrected chi connectivity index (χ1v) is 3.18. The van der Waals surface area contributed by atoms with Crippen LogP contribution in [0.5, 0.6) is 0 Å². The highest BCUT2D eigenvalue weighted by Gasteiger charge is 2.02. The predicted octanol–water partition coefficient (Wildman–Crippen LogP) is 0.199. The maximum atomic E-state index is 10.7. The van der Waals surface area contributed by atoms with Gasteiger partial charge in [0.25, 0.3) is 0 Å². The van der Waals surface area contributed by atoms with Crippen LogP contribution in [0.2, 0.25) is 0 Å². The molecule has 0 aromatic carbocycles. The number of H-pyrrole nitrogens is 1. The van der Waals surface area contributed by atoms with E-state index in [2.05, 4.69) is 9.97 Å². The van der Waals surface area contributed by atoms with E-state index in [1.54, 1.807) is 13.8 Å². The molecule has 0 fully saturated rings. The van der Waals surface area contributed by atoms with Gasteiger partial charge in [0.05, 0.1) is 0 Å². The molecule has 1 aromatic rings. The summed E-state index contributed by atoms with van der Waals surface area (Å²) in [7, 11) is 0. The van der Waals surface area contributed by atoms with Crippen molar-refractivity contribution < 1.29 is 4.79 Å². The fourth-order valence-corrected chi connectivity index (χ4v) is 0.782. The van der Waals surface area contributed by atoms with Crippen molar-refractivity contribution in [3.8, 4) is 0 Å². The third-order valence-corrected chi connectivity index (χ3v) is 1.57. The lowest BCUT2D eigenvalue weighted by atomic mass is 10.2. The van der Waals surface area contributed by atoms with Crippen molar-refractivity contribution in [2.24, 2.45) is 0 Å². The number of hydrogen-bond donors (Lipinski definition) is 1. The molecule has 0 aliphatic carbocycles. The van der Waals surface area contributed by atoms with E-state index in [9.17, 15) is 9.59 Å². The Bertz CT molecular complexity index is 341. The molecular weight excluding hydrogens is 144 g/mol. The van der Waals surface area contributed by atoms with Gasteiger partial charge in [0.1, 0.15) is 5.69 Å². The Hall–Kier alpha value is -1.45. The first kappa shape index (κ1) is 7.65. The highest BCUT2D eigenvalue weighted by Crippen LogP contribution is 2.01. The van der Waals surface area contributed by atoms with Gasteiger partial charge in [0.15, 0.2) is 6.29 Å². The number of aldehydes is 1. The number of aromatic amines is 1. The molecule has 4 heteroatoms. The second-order valence-corrected chi connectivity index (χ2v) is 2.30. The van der Waals surface area contributed by atoms with E-state index in [0.29, 0.717) is 12.0 Å². The van der Waals surface area contributed by atoms with Crippen molar-refractivity contribution in [3.05, 3.63) is 27.4 Å². The van der Waals surface area contributed by atoms with Gasteiger partial charge < -0.3 is 4.98 Å². The number of rotatable bonds is 1. The van der Waals surface area contributed by atoms with Crippen LogP contribution in [-0.2, 0) is 0 Å². The fourth-order valence-electron chi connectivity index (χ4n) is 0.782. The summed E-state index contributed by atoms with van der Waals surface area (Å²) < 4.78 is 0. The van der Waals surface area contributed by atoms with Crippen LogP contribution in [0.15, 0.2) is 4.79 Å². The van der Waals surface area contributed by atoms with E-state index in [0.717, 1.165) is 5.56 Å². The number of aromatic nitrogens is 2. The first-order valence-electron chi connectivity index (χ1n) is 3.18. The molecule has 0 bridgehead atoms. The Kier molecular flexibility index (Phi) is 1.85. The van der Waals surface area contributed by atoms with Gasteiger partial charge in [-0.25, -0.2) is 4.79 Å². The molecule has 0 unspecified atom stereocenters. The van der Waals surface area contributed by atoms with Gasteiger partial charge in [-0.3, -0.25) is 4.79 Å². The van der Waals surface area contributed by atoms with E-state index in [-0.39, 0.29) is 5.69 Å². The van der Waals surface area contributed by atoms with Crippen LogP contribution in [0, 0.1) is 13.8 Å². The van der Waals surface area contributed by atoms with Gasteiger partial charge in [-0.1, -0.05) is 0 Å². The SMILES string of the molecule is Cc1[nH]c(=O)nc(C=O)c1C. The molecule has 0 saturated carbocycles. The lowest BCUT2D eigenvalue weighted by Gasteiger charge is -1.98.